The second-order valence-corrected chi connectivity index (χ2v) is 6.94. The minimum absolute atomic E-state index is 0.00672. The van der Waals surface area contributed by atoms with E-state index in [1.165, 1.54) is 9.13 Å². The van der Waals surface area contributed by atoms with Gasteiger partial charge in [-0.2, -0.15) is 0 Å². The summed E-state index contributed by atoms with van der Waals surface area (Å²) in [4.78, 5) is 2.45. The number of halogens is 1. The van der Waals surface area contributed by atoms with Crippen LogP contribution in [0.5, 0.6) is 0 Å². The zero-order valence-electron chi connectivity index (χ0n) is 11.7. The third-order valence-corrected chi connectivity index (χ3v) is 4.82. The number of benzene rings is 1. The Morgan fingerprint density at radius 2 is 1.84 bits per heavy atom. The molecule has 0 aliphatic carbocycles. The molecule has 2 N–H and O–H groups in total. The van der Waals surface area contributed by atoms with Gasteiger partial charge in [-0.25, -0.2) is 0 Å². The van der Waals surface area contributed by atoms with Crippen molar-refractivity contribution in [2.24, 2.45) is 5.73 Å². The molecule has 1 aliphatic rings. The zero-order chi connectivity index (χ0) is 13.9. The first kappa shape index (κ1) is 15.2. The molecule has 0 amide bonds. The molecule has 1 aromatic rings. The van der Waals surface area contributed by atoms with E-state index < -0.39 is 0 Å². The summed E-state index contributed by atoms with van der Waals surface area (Å²) in [5.74, 6) is 0. The van der Waals surface area contributed by atoms with Crippen molar-refractivity contribution < 1.29 is 4.74 Å². The summed E-state index contributed by atoms with van der Waals surface area (Å²) < 4.78 is 6.69. The molecule has 0 bridgehead atoms. The van der Waals surface area contributed by atoms with Crippen molar-refractivity contribution in [2.45, 2.75) is 31.8 Å². The van der Waals surface area contributed by atoms with Gasteiger partial charge in [0.15, 0.2) is 0 Å². The molecule has 0 spiro atoms. The van der Waals surface area contributed by atoms with Crippen molar-refractivity contribution >= 4 is 22.6 Å². The second kappa shape index (κ2) is 6.52. The summed E-state index contributed by atoms with van der Waals surface area (Å²) in [7, 11) is 0. The smallest absolute Gasteiger partial charge is 0.0594 e. The molecule has 1 aliphatic heterocycles. The van der Waals surface area contributed by atoms with E-state index in [9.17, 15) is 0 Å². The molecule has 1 heterocycles. The van der Waals surface area contributed by atoms with E-state index in [-0.39, 0.29) is 11.6 Å². The molecule has 1 unspecified atom stereocenters. The van der Waals surface area contributed by atoms with Crippen LogP contribution in [0.1, 0.15) is 19.4 Å². The number of hydrogen-bond donors (Lipinski definition) is 1. The van der Waals surface area contributed by atoms with E-state index in [1.807, 2.05) is 0 Å². The first-order chi connectivity index (χ1) is 9.00. The topological polar surface area (TPSA) is 38.5 Å². The van der Waals surface area contributed by atoms with Gasteiger partial charge in [0.25, 0.3) is 0 Å². The zero-order valence-corrected chi connectivity index (χ0v) is 13.9. The van der Waals surface area contributed by atoms with Gasteiger partial charge in [0.1, 0.15) is 0 Å². The van der Waals surface area contributed by atoms with Crippen LogP contribution in [0.2, 0.25) is 0 Å². The molecule has 1 aromatic carbocycles. The highest BCUT2D eigenvalue weighted by molar-refractivity contribution is 14.1. The number of ether oxygens (including phenoxy) is 1. The van der Waals surface area contributed by atoms with Crippen LogP contribution in [0.3, 0.4) is 0 Å². The second-order valence-electron chi connectivity index (χ2n) is 5.69. The Hall–Kier alpha value is -0.170. The normalized spacial score (nSPS) is 19.4. The summed E-state index contributed by atoms with van der Waals surface area (Å²) in [5.41, 5.74) is 7.79. The lowest BCUT2D eigenvalue weighted by atomic mass is 9.88. The summed E-state index contributed by atoms with van der Waals surface area (Å²) in [5, 5.41) is 0. The fourth-order valence-electron chi connectivity index (χ4n) is 2.50. The van der Waals surface area contributed by atoms with Crippen LogP contribution in [-0.2, 0) is 11.2 Å². The van der Waals surface area contributed by atoms with Gasteiger partial charge in [-0.05, 0) is 60.6 Å². The molecule has 0 saturated carbocycles. The van der Waals surface area contributed by atoms with Crippen molar-refractivity contribution in [3.05, 3.63) is 33.4 Å². The third-order valence-electron chi connectivity index (χ3n) is 4.10. The van der Waals surface area contributed by atoms with E-state index >= 15 is 0 Å². The van der Waals surface area contributed by atoms with Gasteiger partial charge in [0.2, 0.25) is 0 Å². The van der Waals surface area contributed by atoms with Gasteiger partial charge in [-0.1, -0.05) is 12.1 Å². The van der Waals surface area contributed by atoms with Crippen molar-refractivity contribution in [3.63, 3.8) is 0 Å². The number of hydrogen-bond acceptors (Lipinski definition) is 3. The van der Waals surface area contributed by atoms with Crippen molar-refractivity contribution in [3.8, 4) is 0 Å². The quantitative estimate of drug-likeness (QED) is 0.822. The highest BCUT2D eigenvalue weighted by Gasteiger charge is 2.33. The van der Waals surface area contributed by atoms with Crippen molar-refractivity contribution in [1.29, 1.82) is 0 Å². The average Bonchev–Trinajstić information content (AvgIpc) is 2.42. The SMILES string of the molecule is CC(C)(C(N)Cc1ccc(I)cc1)N1CCOCC1. The maximum Gasteiger partial charge on any atom is 0.0594 e. The van der Waals surface area contributed by atoms with Gasteiger partial charge < -0.3 is 10.5 Å². The highest BCUT2D eigenvalue weighted by atomic mass is 127. The van der Waals surface area contributed by atoms with Crippen LogP contribution >= 0.6 is 22.6 Å². The molecule has 1 saturated heterocycles. The molecule has 3 nitrogen and oxygen atoms in total. The van der Waals surface area contributed by atoms with E-state index in [4.69, 9.17) is 10.5 Å². The maximum atomic E-state index is 6.47. The van der Waals surface area contributed by atoms with E-state index in [2.05, 4.69) is 65.6 Å². The van der Waals surface area contributed by atoms with Gasteiger partial charge in [0, 0.05) is 28.2 Å². The Bertz CT molecular complexity index is 399. The summed E-state index contributed by atoms with van der Waals surface area (Å²) in [6.45, 7) is 8.09. The Kier molecular flexibility index (Phi) is 5.22. The molecule has 0 radical (unpaired) electrons. The summed E-state index contributed by atoms with van der Waals surface area (Å²) in [6.07, 6.45) is 0.918. The maximum absolute atomic E-state index is 6.47. The molecule has 1 atom stereocenters. The molecule has 0 aromatic heterocycles. The van der Waals surface area contributed by atoms with Gasteiger partial charge in [0.05, 0.1) is 13.2 Å². The lowest BCUT2D eigenvalue weighted by Crippen LogP contribution is -2.59. The van der Waals surface area contributed by atoms with Crippen LogP contribution in [0.15, 0.2) is 24.3 Å². The number of nitrogens with two attached hydrogens (primary N) is 1. The minimum Gasteiger partial charge on any atom is -0.379 e. The Morgan fingerprint density at radius 1 is 1.26 bits per heavy atom. The van der Waals surface area contributed by atoms with Gasteiger partial charge >= 0.3 is 0 Å². The van der Waals surface area contributed by atoms with Crippen molar-refractivity contribution in [1.82, 2.24) is 4.90 Å². The molecule has 4 heteroatoms. The van der Waals surface area contributed by atoms with Crippen LogP contribution in [0.4, 0.5) is 0 Å². The predicted molar refractivity (Wildman–Crippen MR) is 87.3 cm³/mol. The van der Waals surface area contributed by atoms with E-state index in [0.717, 1.165) is 32.7 Å². The number of nitrogens with zero attached hydrogens (tertiary/aromatic N) is 1. The van der Waals surface area contributed by atoms with Crippen LogP contribution in [0, 0.1) is 3.57 Å². The van der Waals surface area contributed by atoms with Crippen LogP contribution in [0.25, 0.3) is 0 Å². The predicted octanol–water partition coefficient (Wildman–Crippen LogP) is 2.27. The fourth-order valence-corrected chi connectivity index (χ4v) is 2.86. The largest absolute Gasteiger partial charge is 0.379 e. The summed E-state index contributed by atoms with van der Waals surface area (Å²) >= 11 is 2.33. The number of morpholine rings is 1. The average molecular weight is 374 g/mol. The molecule has 1 fully saturated rings. The Balaban J connectivity index is 2.00. The van der Waals surface area contributed by atoms with Crippen LogP contribution < -0.4 is 5.73 Å². The highest BCUT2D eigenvalue weighted by Crippen LogP contribution is 2.22. The lowest BCUT2D eigenvalue weighted by Gasteiger charge is -2.44. The van der Waals surface area contributed by atoms with Crippen LogP contribution in [-0.4, -0.2) is 42.8 Å². The molecular weight excluding hydrogens is 351 g/mol. The number of rotatable bonds is 4. The van der Waals surface area contributed by atoms with E-state index in [0.29, 0.717) is 0 Å². The molecule has 19 heavy (non-hydrogen) atoms. The van der Waals surface area contributed by atoms with Gasteiger partial charge in [-0.3, -0.25) is 4.90 Å². The Labute approximate surface area is 129 Å². The minimum atomic E-state index is 0.00672. The summed E-state index contributed by atoms with van der Waals surface area (Å²) in [6, 6.07) is 8.77. The first-order valence-electron chi connectivity index (χ1n) is 6.83. The molecule has 2 rings (SSSR count). The van der Waals surface area contributed by atoms with Crippen molar-refractivity contribution in [2.75, 3.05) is 26.3 Å². The van der Waals surface area contributed by atoms with Gasteiger partial charge in [-0.15, -0.1) is 0 Å². The Morgan fingerprint density at radius 3 is 2.42 bits per heavy atom. The first-order valence-corrected chi connectivity index (χ1v) is 7.91. The lowest BCUT2D eigenvalue weighted by molar-refractivity contribution is -0.0186. The third kappa shape index (κ3) is 3.90. The van der Waals surface area contributed by atoms with E-state index in [1.54, 1.807) is 0 Å². The molecule has 106 valence electrons. The fraction of sp³-hybridized carbons (Fsp3) is 0.600. The monoisotopic (exact) mass is 374 g/mol. The standard InChI is InChI=1S/C15H23IN2O/c1-15(2,18-7-9-19-10-8-18)14(17)11-12-3-5-13(16)6-4-12/h3-6,14H,7-11,17H2,1-2H3. The molecular formula is C15H23IN2O.